The third-order valence-electron chi connectivity index (χ3n) is 5.17. The van der Waals surface area contributed by atoms with E-state index in [0.29, 0.717) is 30.0 Å². The van der Waals surface area contributed by atoms with Crippen molar-refractivity contribution in [1.29, 1.82) is 0 Å². The van der Waals surface area contributed by atoms with Gasteiger partial charge in [-0.05, 0) is 38.1 Å². The van der Waals surface area contributed by atoms with E-state index in [2.05, 4.69) is 15.0 Å². The molecule has 1 fully saturated rings. The Balaban J connectivity index is 1.50. The second-order valence-electron chi connectivity index (χ2n) is 7.54. The minimum absolute atomic E-state index is 0.00712. The maximum Gasteiger partial charge on any atom is 0.276 e. The lowest BCUT2D eigenvalue weighted by atomic mass is 10.1. The molecule has 8 heteroatoms. The summed E-state index contributed by atoms with van der Waals surface area (Å²) in [6, 6.07) is 7.42. The summed E-state index contributed by atoms with van der Waals surface area (Å²) in [5.74, 6) is -0.00712. The predicted octanol–water partition coefficient (Wildman–Crippen LogP) is 3.38. The first kappa shape index (κ1) is 18.1. The molecule has 7 nitrogen and oxygen atoms in total. The van der Waals surface area contributed by atoms with E-state index in [4.69, 9.17) is 4.74 Å². The number of aromatic nitrogens is 3. The number of nitrogens with one attached hydrogen (secondary N) is 2. The van der Waals surface area contributed by atoms with Crippen molar-refractivity contribution in [2.75, 3.05) is 13.1 Å². The van der Waals surface area contributed by atoms with Gasteiger partial charge in [0.05, 0.1) is 28.9 Å². The SMILES string of the molecule is CC1CN(C(=O)c2ccc3[nH]c(-c4nc5cscc5[nH]c4=O)cc3c2)CC(C)O1. The largest absolute Gasteiger partial charge is 0.372 e. The molecule has 1 aliphatic heterocycles. The van der Waals surface area contributed by atoms with E-state index in [9.17, 15) is 9.59 Å². The van der Waals surface area contributed by atoms with Crippen LogP contribution in [0.5, 0.6) is 0 Å². The first-order chi connectivity index (χ1) is 14.0. The van der Waals surface area contributed by atoms with Crippen LogP contribution >= 0.6 is 11.3 Å². The molecule has 148 valence electrons. The van der Waals surface area contributed by atoms with Gasteiger partial charge >= 0.3 is 0 Å². The number of H-pyrrole nitrogens is 2. The van der Waals surface area contributed by atoms with Gasteiger partial charge in [-0.3, -0.25) is 9.59 Å². The lowest BCUT2D eigenvalue weighted by molar-refractivity contribution is -0.0586. The first-order valence-corrected chi connectivity index (χ1v) is 10.5. The number of amides is 1. The molecule has 0 spiro atoms. The molecular weight excluding hydrogens is 388 g/mol. The molecule has 0 saturated carbocycles. The van der Waals surface area contributed by atoms with E-state index in [-0.39, 0.29) is 23.7 Å². The summed E-state index contributed by atoms with van der Waals surface area (Å²) in [7, 11) is 0. The van der Waals surface area contributed by atoms with E-state index >= 15 is 0 Å². The predicted molar refractivity (Wildman–Crippen MR) is 113 cm³/mol. The van der Waals surface area contributed by atoms with Crippen LogP contribution in [0, 0.1) is 0 Å². The summed E-state index contributed by atoms with van der Waals surface area (Å²) in [4.78, 5) is 37.9. The zero-order valence-corrected chi connectivity index (χ0v) is 16.9. The molecule has 0 bridgehead atoms. The molecule has 5 rings (SSSR count). The number of morpholine rings is 1. The van der Waals surface area contributed by atoms with Gasteiger partial charge in [-0.1, -0.05) is 0 Å². The average Bonchev–Trinajstić information content (AvgIpc) is 3.31. The number of hydrogen-bond donors (Lipinski definition) is 2. The summed E-state index contributed by atoms with van der Waals surface area (Å²) in [6.45, 7) is 5.12. The maximum atomic E-state index is 13.0. The molecule has 0 aliphatic carbocycles. The fourth-order valence-electron chi connectivity index (χ4n) is 3.93. The molecule has 0 radical (unpaired) electrons. The van der Waals surface area contributed by atoms with Crippen LogP contribution in [0.15, 0.2) is 39.8 Å². The number of ether oxygens (including phenoxy) is 1. The van der Waals surface area contributed by atoms with Crippen LogP contribution in [0.3, 0.4) is 0 Å². The van der Waals surface area contributed by atoms with Gasteiger partial charge in [-0.25, -0.2) is 4.98 Å². The Morgan fingerprint density at radius 2 is 1.93 bits per heavy atom. The highest BCUT2D eigenvalue weighted by Gasteiger charge is 2.26. The van der Waals surface area contributed by atoms with Gasteiger partial charge in [0.1, 0.15) is 0 Å². The molecule has 4 heterocycles. The van der Waals surface area contributed by atoms with Crippen molar-refractivity contribution >= 4 is 39.2 Å². The molecular formula is C21H20N4O3S. The van der Waals surface area contributed by atoms with E-state index in [1.165, 1.54) is 11.3 Å². The van der Waals surface area contributed by atoms with Gasteiger partial charge in [0.15, 0.2) is 5.69 Å². The van der Waals surface area contributed by atoms with Crippen molar-refractivity contribution in [3.8, 4) is 11.4 Å². The molecule has 1 saturated heterocycles. The van der Waals surface area contributed by atoms with Crippen LogP contribution < -0.4 is 5.56 Å². The number of carbonyl (C=O) groups excluding carboxylic acids is 1. The quantitative estimate of drug-likeness (QED) is 0.532. The standard InChI is InChI=1S/C21H20N4O3S/c1-11-7-25(8-12(2)28-11)21(27)13-3-4-15-14(5-13)6-16(22-15)19-20(26)24-18-10-29-9-17(18)23-19/h3-6,9-12,22H,7-8H2,1-2H3,(H,24,26). The molecule has 1 aliphatic rings. The second-order valence-corrected chi connectivity index (χ2v) is 8.28. The molecule has 1 amide bonds. The number of hydrogen-bond acceptors (Lipinski definition) is 5. The molecule has 3 aromatic heterocycles. The number of benzene rings is 1. The third kappa shape index (κ3) is 3.24. The molecule has 4 aromatic rings. The fourth-order valence-corrected chi connectivity index (χ4v) is 4.62. The van der Waals surface area contributed by atoms with E-state index < -0.39 is 0 Å². The van der Waals surface area contributed by atoms with Crippen molar-refractivity contribution in [1.82, 2.24) is 19.9 Å². The third-order valence-corrected chi connectivity index (χ3v) is 5.90. The molecule has 2 unspecified atom stereocenters. The molecule has 1 aromatic carbocycles. The Morgan fingerprint density at radius 3 is 2.72 bits per heavy atom. The summed E-state index contributed by atoms with van der Waals surface area (Å²) >= 11 is 1.50. The number of thiophene rings is 1. The lowest BCUT2D eigenvalue weighted by Crippen LogP contribution is -2.48. The Kier molecular flexibility index (Phi) is 4.25. The van der Waals surface area contributed by atoms with Gasteiger partial charge in [-0.2, -0.15) is 0 Å². The molecule has 29 heavy (non-hydrogen) atoms. The number of fused-ring (bicyclic) bond motifs is 2. The highest BCUT2D eigenvalue weighted by molar-refractivity contribution is 7.09. The van der Waals surface area contributed by atoms with E-state index in [0.717, 1.165) is 21.9 Å². The monoisotopic (exact) mass is 408 g/mol. The van der Waals surface area contributed by atoms with Crippen LogP contribution in [0.2, 0.25) is 0 Å². The number of carbonyl (C=O) groups is 1. The van der Waals surface area contributed by atoms with Gasteiger partial charge in [0.2, 0.25) is 0 Å². The highest BCUT2D eigenvalue weighted by atomic mass is 32.1. The minimum Gasteiger partial charge on any atom is -0.372 e. The van der Waals surface area contributed by atoms with Crippen LogP contribution in [-0.4, -0.2) is 51.1 Å². The smallest absolute Gasteiger partial charge is 0.276 e. The summed E-state index contributed by atoms with van der Waals surface area (Å²) in [6.07, 6.45) is 0.0465. The number of aromatic amines is 2. The van der Waals surface area contributed by atoms with Gasteiger partial charge in [0, 0.05) is 40.3 Å². The maximum absolute atomic E-state index is 13.0. The Morgan fingerprint density at radius 1 is 1.14 bits per heavy atom. The number of rotatable bonds is 2. The zero-order valence-electron chi connectivity index (χ0n) is 16.1. The Labute approximate surface area is 170 Å². The van der Waals surface area contributed by atoms with Gasteiger partial charge in [0.25, 0.3) is 11.5 Å². The van der Waals surface area contributed by atoms with Crippen LogP contribution in [0.25, 0.3) is 33.3 Å². The molecule has 2 atom stereocenters. The van der Waals surface area contributed by atoms with Gasteiger partial charge in [-0.15, -0.1) is 11.3 Å². The average molecular weight is 408 g/mol. The van der Waals surface area contributed by atoms with Crippen molar-refractivity contribution in [3.63, 3.8) is 0 Å². The van der Waals surface area contributed by atoms with Crippen molar-refractivity contribution < 1.29 is 9.53 Å². The number of nitrogens with zero attached hydrogens (tertiary/aromatic N) is 2. The van der Waals surface area contributed by atoms with E-state index in [1.54, 1.807) is 0 Å². The highest BCUT2D eigenvalue weighted by Crippen LogP contribution is 2.25. The summed E-state index contributed by atoms with van der Waals surface area (Å²) in [5.41, 5.74) is 3.71. The Bertz CT molecular complexity index is 1280. The fraction of sp³-hybridized carbons (Fsp3) is 0.286. The Hall–Kier alpha value is -2.97. The van der Waals surface area contributed by atoms with Crippen LogP contribution in [-0.2, 0) is 4.74 Å². The lowest BCUT2D eigenvalue weighted by Gasteiger charge is -2.35. The minimum atomic E-state index is -0.241. The second kappa shape index (κ2) is 6.82. The van der Waals surface area contributed by atoms with Crippen molar-refractivity contribution in [2.24, 2.45) is 0 Å². The van der Waals surface area contributed by atoms with Crippen LogP contribution in [0.4, 0.5) is 0 Å². The summed E-state index contributed by atoms with van der Waals surface area (Å²) in [5, 5.41) is 4.63. The van der Waals surface area contributed by atoms with Gasteiger partial charge < -0.3 is 19.6 Å². The zero-order chi connectivity index (χ0) is 20.1. The van der Waals surface area contributed by atoms with E-state index in [1.807, 2.05) is 53.8 Å². The molecule has 2 N–H and O–H groups in total. The first-order valence-electron chi connectivity index (χ1n) is 9.52. The normalized spacial score (nSPS) is 19.9. The van der Waals surface area contributed by atoms with Crippen molar-refractivity contribution in [2.45, 2.75) is 26.1 Å². The van der Waals surface area contributed by atoms with Crippen LogP contribution in [0.1, 0.15) is 24.2 Å². The van der Waals surface area contributed by atoms with Crippen molar-refractivity contribution in [3.05, 3.63) is 50.9 Å². The topological polar surface area (TPSA) is 91.1 Å². The summed E-state index contributed by atoms with van der Waals surface area (Å²) < 4.78 is 5.72.